The number of benzene rings is 2. The van der Waals surface area contributed by atoms with E-state index in [9.17, 15) is 14.4 Å². The maximum Gasteiger partial charge on any atom is 0.344 e. The first kappa shape index (κ1) is 18.9. The van der Waals surface area contributed by atoms with Gasteiger partial charge in [0, 0.05) is 16.7 Å². The molecule has 0 aliphatic heterocycles. The summed E-state index contributed by atoms with van der Waals surface area (Å²) in [5.41, 5.74) is 0.0455. The Kier molecular flexibility index (Phi) is 5.46. The lowest BCUT2D eigenvalue weighted by Crippen LogP contribution is -2.17. The molecule has 0 saturated carbocycles. The zero-order chi connectivity index (χ0) is 19.6. The van der Waals surface area contributed by atoms with Gasteiger partial charge in [0.1, 0.15) is 5.58 Å². The third kappa shape index (κ3) is 3.28. The quantitative estimate of drug-likeness (QED) is 0.284. The molecule has 0 aliphatic rings. The van der Waals surface area contributed by atoms with E-state index >= 15 is 0 Å². The van der Waals surface area contributed by atoms with Crippen molar-refractivity contribution >= 4 is 45.3 Å². The van der Waals surface area contributed by atoms with E-state index in [1.54, 1.807) is 38.1 Å². The molecule has 2 aromatic carbocycles. The van der Waals surface area contributed by atoms with Crippen LogP contribution in [0, 0.1) is 0 Å². The van der Waals surface area contributed by atoms with Gasteiger partial charge in [-0.1, -0.05) is 18.2 Å². The highest BCUT2D eigenvalue weighted by molar-refractivity contribution is 6.22. The summed E-state index contributed by atoms with van der Waals surface area (Å²) in [7, 11) is 0. The topological polar surface area (TPSA) is 82.8 Å². The number of hydrogen-bond acceptors (Lipinski definition) is 6. The fraction of sp³-hybridized carbons (Fsp3) is 0.250. The number of esters is 2. The van der Waals surface area contributed by atoms with Gasteiger partial charge in [0.2, 0.25) is 0 Å². The largest absolute Gasteiger partial charge is 0.462 e. The zero-order valence-electron chi connectivity index (χ0n) is 14.8. The Morgan fingerprint density at radius 1 is 1.04 bits per heavy atom. The number of hydrogen-bond donors (Lipinski definition) is 0. The molecule has 0 N–H and O–H groups in total. The molecule has 7 heteroatoms. The maximum absolute atomic E-state index is 12.8. The summed E-state index contributed by atoms with van der Waals surface area (Å²) in [5, 5.41) is 0.995. The van der Waals surface area contributed by atoms with Gasteiger partial charge in [0.05, 0.1) is 29.7 Å². The zero-order valence-corrected chi connectivity index (χ0v) is 15.6. The van der Waals surface area contributed by atoms with Crippen molar-refractivity contribution in [2.45, 2.75) is 19.7 Å². The van der Waals surface area contributed by atoms with E-state index in [4.69, 9.17) is 25.5 Å². The number of carbonyl (C=O) groups is 2. The minimum atomic E-state index is -0.673. The average molecular weight is 389 g/mol. The normalized spacial score (nSPS) is 10.9. The minimum Gasteiger partial charge on any atom is -0.462 e. The Hall–Kier alpha value is -2.86. The predicted molar refractivity (Wildman–Crippen MR) is 101 cm³/mol. The van der Waals surface area contributed by atoms with Crippen molar-refractivity contribution in [2.75, 3.05) is 13.2 Å². The van der Waals surface area contributed by atoms with Crippen LogP contribution in [-0.2, 0) is 15.4 Å². The van der Waals surface area contributed by atoms with Gasteiger partial charge in [-0.05, 0) is 31.5 Å². The number of halogens is 1. The molecule has 6 nitrogen and oxygen atoms in total. The molecule has 3 aromatic rings. The number of para-hydroxylation sites is 1. The summed E-state index contributed by atoms with van der Waals surface area (Å²) in [5.74, 6) is -1.47. The second kappa shape index (κ2) is 7.80. The van der Waals surface area contributed by atoms with Gasteiger partial charge >= 0.3 is 17.6 Å². The summed E-state index contributed by atoms with van der Waals surface area (Å²) in [6, 6.07) is 8.20. The Labute approximate surface area is 159 Å². The summed E-state index contributed by atoms with van der Waals surface area (Å²) >= 11 is 6.10. The van der Waals surface area contributed by atoms with E-state index in [0.29, 0.717) is 16.4 Å². The fourth-order valence-electron chi connectivity index (χ4n) is 3.04. The molecule has 0 saturated heterocycles. The predicted octanol–water partition coefficient (Wildman–Crippen LogP) is 4.04. The highest BCUT2D eigenvalue weighted by Crippen LogP contribution is 2.32. The molecule has 0 aliphatic carbocycles. The van der Waals surface area contributed by atoms with Crippen LogP contribution in [0.15, 0.2) is 39.5 Å². The van der Waals surface area contributed by atoms with Crippen LogP contribution < -0.4 is 5.63 Å². The Morgan fingerprint density at radius 2 is 1.70 bits per heavy atom. The molecule has 1 heterocycles. The van der Waals surface area contributed by atoms with Crippen LogP contribution in [0.4, 0.5) is 0 Å². The van der Waals surface area contributed by atoms with Crippen LogP contribution >= 0.6 is 11.6 Å². The first-order valence-electron chi connectivity index (χ1n) is 8.45. The summed E-state index contributed by atoms with van der Waals surface area (Å²) in [4.78, 5) is 37.7. The van der Waals surface area contributed by atoms with Gasteiger partial charge in [-0.2, -0.15) is 0 Å². The van der Waals surface area contributed by atoms with Crippen LogP contribution in [0.2, 0.25) is 0 Å². The molecule has 0 radical (unpaired) electrons. The molecule has 0 spiro atoms. The number of ether oxygens (including phenoxy) is 2. The average Bonchev–Trinajstić information content (AvgIpc) is 2.66. The summed E-state index contributed by atoms with van der Waals surface area (Å²) in [6.45, 7) is 3.60. The Morgan fingerprint density at radius 3 is 2.37 bits per heavy atom. The van der Waals surface area contributed by atoms with E-state index in [1.165, 1.54) is 6.07 Å². The fourth-order valence-corrected chi connectivity index (χ4v) is 3.32. The number of alkyl halides is 1. The second-order valence-corrected chi connectivity index (χ2v) is 5.93. The van der Waals surface area contributed by atoms with Gasteiger partial charge in [0.15, 0.2) is 0 Å². The lowest BCUT2D eigenvalue weighted by Gasteiger charge is -2.15. The molecule has 1 aromatic heterocycles. The highest BCUT2D eigenvalue weighted by Gasteiger charge is 2.26. The monoisotopic (exact) mass is 388 g/mol. The van der Waals surface area contributed by atoms with E-state index in [-0.39, 0.29) is 41.2 Å². The van der Waals surface area contributed by atoms with Gasteiger partial charge < -0.3 is 13.9 Å². The first-order chi connectivity index (χ1) is 13.0. The van der Waals surface area contributed by atoms with Crippen molar-refractivity contribution in [1.82, 2.24) is 0 Å². The van der Waals surface area contributed by atoms with Gasteiger partial charge in [-0.25, -0.2) is 14.4 Å². The Balaban J connectivity index is 2.54. The van der Waals surface area contributed by atoms with Gasteiger partial charge in [-0.15, -0.1) is 11.6 Å². The minimum absolute atomic E-state index is 0.0463. The Bertz CT molecular complexity index is 1100. The molecular formula is C20H17ClO6. The standard InChI is InChI=1S/C20H17ClO6/c1-3-25-18(22)12-9-13-16(17(14(12)10-21)20(24)26-4-2)11-7-5-6-8-15(11)27-19(13)23/h5-9H,3-4,10H2,1-2H3. The van der Waals surface area contributed by atoms with Crippen molar-refractivity contribution in [3.05, 3.63) is 57.4 Å². The van der Waals surface area contributed by atoms with Crippen molar-refractivity contribution in [2.24, 2.45) is 0 Å². The SMILES string of the molecule is CCOC(=O)c1cc2c(=O)oc3ccccc3c2c(C(=O)OCC)c1CCl. The van der Waals surface area contributed by atoms with E-state index < -0.39 is 17.6 Å². The van der Waals surface area contributed by atoms with E-state index in [1.807, 2.05) is 0 Å². The van der Waals surface area contributed by atoms with Crippen molar-refractivity contribution in [1.29, 1.82) is 0 Å². The molecule has 0 amide bonds. The third-order valence-corrected chi connectivity index (χ3v) is 4.39. The molecule has 3 rings (SSSR count). The van der Waals surface area contributed by atoms with Crippen LogP contribution in [0.3, 0.4) is 0 Å². The molecule has 0 unspecified atom stereocenters. The molecule has 0 bridgehead atoms. The van der Waals surface area contributed by atoms with E-state index in [0.717, 1.165) is 0 Å². The summed E-state index contributed by atoms with van der Waals surface area (Å²) in [6.07, 6.45) is 0. The number of fused-ring (bicyclic) bond motifs is 3. The molecule has 27 heavy (non-hydrogen) atoms. The second-order valence-electron chi connectivity index (χ2n) is 5.66. The lowest BCUT2D eigenvalue weighted by atomic mass is 9.93. The summed E-state index contributed by atoms with van der Waals surface area (Å²) < 4.78 is 15.6. The van der Waals surface area contributed by atoms with Gasteiger partial charge in [0.25, 0.3) is 0 Å². The first-order valence-corrected chi connectivity index (χ1v) is 8.98. The molecule has 140 valence electrons. The number of rotatable bonds is 5. The van der Waals surface area contributed by atoms with Crippen molar-refractivity contribution in [3.8, 4) is 0 Å². The molecular weight excluding hydrogens is 372 g/mol. The van der Waals surface area contributed by atoms with Crippen molar-refractivity contribution in [3.63, 3.8) is 0 Å². The van der Waals surface area contributed by atoms with Crippen LogP contribution in [0.1, 0.15) is 40.1 Å². The smallest absolute Gasteiger partial charge is 0.344 e. The molecule has 0 fully saturated rings. The molecule has 0 atom stereocenters. The maximum atomic E-state index is 12.8. The van der Waals surface area contributed by atoms with Gasteiger partial charge in [-0.3, -0.25) is 0 Å². The highest BCUT2D eigenvalue weighted by atomic mass is 35.5. The lowest BCUT2D eigenvalue weighted by molar-refractivity contribution is 0.0525. The van der Waals surface area contributed by atoms with Crippen LogP contribution in [0.25, 0.3) is 21.7 Å². The van der Waals surface area contributed by atoms with Crippen LogP contribution in [-0.4, -0.2) is 25.2 Å². The number of carbonyl (C=O) groups excluding carboxylic acids is 2. The third-order valence-electron chi connectivity index (χ3n) is 4.12. The van der Waals surface area contributed by atoms with Crippen LogP contribution in [0.5, 0.6) is 0 Å². The van der Waals surface area contributed by atoms with Crippen molar-refractivity contribution < 1.29 is 23.5 Å². The van der Waals surface area contributed by atoms with E-state index in [2.05, 4.69) is 0 Å².